The molecule has 0 aliphatic heterocycles. The van der Waals surface area contributed by atoms with E-state index in [1.165, 1.54) is 36.8 Å². The van der Waals surface area contributed by atoms with Crippen LogP contribution in [0.4, 0.5) is 0 Å². The Hall–Kier alpha value is -1.30. The zero-order chi connectivity index (χ0) is 13.2. The first-order chi connectivity index (χ1) is 8.68. The lowest BCUT2D eigenvalue weighted by Gasteiger charge is -2.05. The maximum absolute atomic E-state index is 2.28. The van der Waals surface area contributed by atoms with Gasteiger partial charge in [0.1, 0.15) is 0 Å². The summed E-state index contributed by atoms with van der Waals surface area (Å²) < 4.78 is 0. The smallest absolute Gasteiger partial charge is 0.0283 e. The number of rotatable bonds is 0. The lowest BCUT2D eigenvalue weighted by Crippen LogP contribution is -1.85. The maximum atomic E-state index is 2.28. The van der Waals surface area contributed by atoms with Crippen molar-refractivity contribution in [2.45, 2.75) is 46.5 Å². The second-order valence-corrected chi connectivity index (χ2v) is 5.36. The third-order valence-corrected chi connectivity index (χ3v) is 3.10. The summed E-state index contributed by atoms with van der Waals surface area (Å²) in [7, 11) is 0. The molecule has 98 valence electrons. The summed E-state index contributed by atoms with van der Waals surface area (Å²) in [6.45, 7) is 6.64. The minimum Gasteiger partial charge on any atom is -0.0730 e. The zero-order valence-corrected chi connectivity index (χ0v) is 12.0. The molecule has 0 amide bonds. The Labute approximate surface area is 112 Å². The van der Waals surface area contributed by atoms with Crippen molar-refractivity contribution in [3.05, 3.63) is 59.7 Å². The van der Waals surface area contributed by atoms with Gasteiger partial charge in [-0.05, 0) is 32.6 Å². The highest BCUT2D eigenvalue weighted by Crippen LogP contribution is 2.26. The van der Waals surface area contributed by atoms with Crippen LogP contribution in [-0.2, 0) is 0 Å². The second-order valence-electron chi connectivity index (χ2n) is 5.36. The van der Waals surface area contributed by atoms with Gasteiger partial charge in [0.15, 0.2) is 0 Å². The highest BCUT2D eigenvalue weighted by atomic mass is 14.2. The van der Waals surface area contributed by atoms with Crippen LogP contribution in [0.5, 0.6) is 0 Å². The first-order valence-corrected chi connectivity index (χ1v) is 7.01. The number of hydrogen-bond donors (Lipinski definition) is 0. The predicted molar refractivity (Wildman–Crippen MR) is 81.6 cm³/mol. The Bertz CT molecular complexity index is 322. The molecule has 0 radical (unpaired) electrons. The quantitative estimate of drug-likeness (QED) is 0.541. The molecule has 0 bridgehead atoms. The van der Waals surface area contributed by atoms with Crippen molar-refractivity contribution in [1.82, 2.24) is 0 Å². The first-order valence-electron chi connectivity index (χ1n) is 7.01. The summed E-state index contributed by atoms with van der Waals surface area (Å²) in [5.74, 6) is 1.08. The normalized spacial score (nSPS) is 17.3. The molecule has 1 aromatic rings. The summed E-state index contributed by atoms with van der Waals surface area (Å²) in [5.41, 5.74) is 3.02. The van der Waals surface area contributed by atoms with Crippen molar-refractivity contribution in [1.29, 1.82) is 0 Å². The minimum absolute atomic E-state index is 1.08. The molecule has 1 saturated carbocycles. The Kier molecular flexibility index (Phi) is 7.17. The van der Waals surface area contributed by atoms with Crippen molar-refractivity contribution < 1.29 is 0 Å². The van der Waals surface area contributed by atoms with Gasteiger partial charge in [-0.3, -0.25) is 0 Å². The van der Waals surface area contributed by atoms with E-state index in [0.717, 1.165) is 5.92 Å². The molecule has 0 heteroatoms. The number of benzene rings is 1. The second kappa shape index (κ2) is 8.74. The summed E-state index contributed by atoms with van der Waals surface area (Å²) >= 11 is 0. The average Bonchev–Trinajstić information content (AvgIpc) is 3.19. The van der Waals surface area contributed by atoms with Crippen molar-refractivity contribution in [3.8, 4) is 0 Å². The van der Waals surface area contributed by atoms with Gasteiger partial charge in [-0.25, -0.2) is 0 Å². The molecule has 0 nitrogen and oxygen atoms in total. The Morgan fingerprint density at radius 1 is 0.722 bits per heavy atom. The number of hydrogen-bond acceptors (Lipinski definition) is 0. The van der Waals surface area contributed by atoms with Gasteiger partial charge in [0.2, 0.25) is 0 Å². The van der Waals surface area contributed by atoms with Gasteiger partial charge in [-0.1, -0.05) is 79.5 Å². The Morgan fingerprint density at radius 2 is 1.00 bits per heavy atom. The maximum Gasteiger partial charge on any atom is -0.0283 e. The van der Waals surface area contributed by atoms with Gasteiger partial charge >= 0.3 is 0 Å². The van der Waals surface area contributed by atoms with E-state index in [1.54, 1.807) is 0 Å². The molecule has 1 aromatic carbocycles. The molecule has 0 spiro atoms. The molecule has 18 heavy (non-hydrogen) atoms. The fourth-order valence-corrected chi connectivity index (χ4v) is 1.40. The molecule has 2 aliphatic rings. The van der Waals surface area contributed by atoms with E-state index in [0.29, 0.717) is 0 Å². The molecular formula is C18H26. The Morgan fingerprint density at radius 3 is 1.17 bits per heavy atom. The largest absolute Gasteiger partial charge is 0.0730 e. The van der Waals surface area contributed by atoms with Crippen LogP contribution in [0.2, 0.25) is 0 Å². The van der Waals surface area contributed by atoms with Gasteiger partial charge in [0.05, 0.1) is 0 Å². The number of allylic oxidation sites excluding steroid dienone is 4. The summed E-state index contributed by atoms with van der Waals surface area (Å²) in [5, 5.41) is 0. The van der Waals surface area contributed by atoms with Gasteiger partial charge in [0, 0.05) is 0 Å². The molecule has 2 aliphatic carbocycles. The third kappa shape index (κ3) is 8.81. The fraction of sp³-hybridized carbons (Fsp3) is 0.444. The lowest BCUT2D eigenvalue weighted by atomic mass is 10.0. The van der Waals surface area contributed by atoms with Crippen LogP contribution in [-0.4, -0.2) is 0 Å². The molecule has 0 saturated heterocycles. The van der Waals surface area contributed by atoms with E-state index >= 15 is 0 Å². The Balaban J connectivity index is 0.000000143. The average molecular weight is 242 g/mol. The van der Waals surface area contributed by atoms with Crippen molar-refractivity contribution in [2.24, 2.45) is 5.92 Å². The first kappa shape index (κ1) is 14.8. The molecule has 0 heterocycles. The van der Waals surface area contributed by atoms with Crippen LogP contribution in [0.15, 0.2) is 59.7 Å². The van der Waals surface area contributed by atoms with Gasteiger partial charge < -0.3 is 0 Å². The molecule has 0 atom stereocenters. The van der Waals surface area contributed by atoms with E-state index in [2.05, 4.69) is 32.9 Å². The molecule has 1 fully saturated rings. The van der Waals surface area contributed by atoms with E-state index in [4.69, 9.17) is 0 Å². The van der Waals surface area contributed by atoms with Crippen LogP contribution in [0.1, 0.15) is 46.5 Å². The van der Waals surface area contributed by atoms with Gasteiger partial charge in [0.25, 0.3) is 0 Å². The summed E-state index contributed by atoms with van der Waals surface area (Å²) in [6, 6.07) is 12.0. The molecule has 3 rings (SSSR count). The minimum atomic E-state index is 1.08. The standard InChI is InChI=1S/C8H12.C6H6.C4H8/c1-7-3-5-8(2)6-4-7;1-2-4-6-5-3-1;1-4-2-3-4/h3,5H,4,6H2,1-2H3;1-6H;4H,2-3H2,1H3. The van der Waals surface area contributed by atoms with Gasteiger partial charge in [-0.2, -0.15) is 0 Å². The van der Waals surface area contributed by atoms with Crippen LogP contribution < -0.4 is 0 Å². The van der Waals surface area contributed by atoms with Crippen molar-refractivity contribution in [3.63, 3.8) is 0 Å². The highest BCUT2D eigenvalue weighted by Gasteiger charge is 2.12. The van der Waals surface area contributed by atoms with Crippen LogP contribution >= 0.6 is 0 Å². The van der Waals surface area contributed by atoms with Gasteiger partial charge in [-0.15, -0.1) is 0 Å². The molecule has 0 unspecified atom stereocenters. The summed E-state index contributed by atoms with van der Waals surface area (Å²) in [4.78, 5) is 0. The van der Waals surface area contributed by atoms with Crippen molar-refractivity contribution >= 4 is 0 Å². The van der Waals surface area contributed by atoms with Crippen molar-refractivity contribution in [2.75, 3.05) is 0 Å². The monoisotopic (exact) mass is 242 g/mol. The third-order valence-electron chi connectivity index (χ3n) is 3.10. The predicted octanol–water partition coefficient (Wildman–Crippen LogP) is 5.78. The van der Waals surface area contributed by atoms with E-state index in [9.17, 15) is 0 Å². The molecule has 0 N–H and O–H groups in total. The van der Waals surface area contributed by atoms with E-state index in [-0.39, 0.29) is 0 Å². The van der Waals surface area contributed by atoms with Crippen LogP contribution in [0.3, 0.4) is 0 Å². The van der Waals surface area contributed by atoms with E-state index in [1.807, 2.05) is 36.4 Å². The SMILES string of the molecule is CC1=CC=C(C)CC1.CC1CC1.c1ccccc1. The van der Waals surface area contributed by atoms with Crippen LogP contribution in [0, 0.1) is 5.92 Å². The highest BCUT2D eigenvalue weighted by molar-refractivity contribution is 5.20. The zero-order valence-electron chi connectivity index (χ0n) is 12.0. The van der Waals surface area contributed by atoms with E-state index < -0.39 is 0 Å². The lowest BCUT2D eigenvalue weighted by molar-refractivity contribution is 0.906. The summed E-state index contributed by atoms with van der Waals surface area (Å²) in [6.07, 6.45) is 9.92. The van der Waals surface area contributed by atoms with Crippen LogP contribution in [0.25, 0.3) is 0 Å². The topological polar surface area (TPSA) is 0 Å². The molecule has 0 aromatic heterocycles. The molecular weight excluding hydrogens is 216 g/mol. The fourth-order valence-electron chi connectivity index (χ4n) is 1.40.